The van der Waals surface area contributed by atoms with Crippen LogP contribution in [-0.4, -0.2) is 59.9 Å². The van der Waals surface area contributed by atoms with Crippen molar-refractivity contribution in [3.8, 4) is 0 Å². The van der Waals surface area contributed by atoms with Gasteiger partial charge in [-0.15, -0.1) is 0 Å². The van der Waals surface area contributed by atoms with E-state index in [-0.39, 0.29) is 30.0 Å². The Morgan fingerprint density at radius 1 is 1.29 bits per heavy atom. The van der Waals surface area contributed by atoms with Gasteiger partial charge in [0.15, 0.2) is 0 Å². The van der Waals surface area contributed by atoms with Crippen LogP contribution in [0.25, 0.3) is 0 Å². The Bertz CT molecular complexity index is 999. The van der Waals surface area contributed by atoms with Crippen LogP contribution < -0.4 is 27.8 Å². The molecule has 10 nitrogen and oxygen atoms in total. The first-order valence-corrected chi connectivity index (χ1v) is 12.7. The number of nitrogens with zero attached hydrogens (tertiary/aromatic N) is 1. The number of amides is 3. The van der Waals surface area contributed by atoms with Gasteiger partial charge < -0.3 is 37.5 Å². The first-order valence-electron chi connectivity index (χ1n) is 12.7. The fraction of sp³-hybridized carbons (Fsp3) is 0.464. The fourth-order valence-corrected chi connectivity index (χ4v) is 3.82. The van der Waals surface area contributed by atoms with Crippen LogP contribution >= 0.6 is 0 Å². The maximum absolute atomic E-state index is 13.3. The quantitative estimate of drug-likeness (QED) is 0.129. The van der Waals surface area contributed by atoms with E-state index in [9.17, 15) is 14.4 Å². The Balaban J connectivity index is 2.85. The molecule has 0 bridgehead atoms. The molecule has 1 saturated heterocycles. The molecule has 0 aromatic rings. The molecule has 1 rings (SSSR count). The topological polar surface area (TPSA) is 166 Å². The highest BCUT2D eigenvalue weighted by molar-refractivity contribution is 5.92. The van der Waals surface area contributed by atoms with Gasteiger partial charge in [0, 0.05) is 18.2 Å². The lowest BCUT2D eigenvalue weighted by Gasteiger charge is -2.37. The summed E-state index contributed by atoms with van der Waals surface area (Å²) in [5.41, 5.74) is 17.4. The number of nitrogens with one attached hydrogen (secondary N) is 2. The van der Waals surface area contributed by atoms with Crippen LogP contribution in [0.4, 0.5) is 0 Å². The summed E-state index contributed by atoms with van der Waals surface area (Å²) in [6, 6.07) is -1.65. The lowest BCUT2D eigenvalue weighted by molar-refractivity contribution is -0.139. The molecule has 38 heavy (non-hydrogen) atoms. The molecule has 3 amide bonds. The molecular weight excluding hydrogens is 484 g/mol. The number of hydrogen-bond donors (Lipinski definition) is 5. The molecule has 210 valence electrons. The van der Waals surface area contributed by atoms with Gasteiger partial charge in [0.25, 0.3) is 0 Å². The van der Waals surface area contributed by atoms with Crippen molar-refractivity contribution < 1.29 is 19.1 Å². The van der Waals surface area contributed by atoms with E-state index in [0.29, 0.717) is 31.8 Å². The van der Waals surface area contributed by atoms with Crippen molar-refractivity contribution in [3.05, 3.63) is 72.8 Å². The minimum absolute atomic E-state index is 0.233. The van der Waals surface area contributed by atoms with Crippen molar-refractivity contribution in [3.63, 3.8) is 0 Å². The number of hydrogen-bond acceptors (Lipinski definition) is 7. The summed E-state index contributed by atoms with van der Waals surface area (Å²) in [6.07, 6.45) is 12.9. The van der Waals surface area contributed by atoms with Crippen LogP contribution in [0.15, 0.2) is 72.8 Å². The van der Waals surface area contributed by atoms with Crippen LogP contribution in [0.5, 0.6) is 0 Å². The standard InChI is InChI=1S/C28H44N6O4/c1-7-19(3)17-22(8-2)38-16-10-11-20(4)28(6,21(5)30)33-27(37)24-12-9-15-34(24)25(35)18-32-26(36)23(31)13-14-29/h7-8,10-11,13-14,17,20,23-24H,2,5,9,12,15-16,18,29-31H2,1,3-4,6H3,(H,32,36)(H,33,37)/b11-10-,14-13-,19-7-,22-17+/t20-,23?,24?,28?/m1/s1. The minimum Gasteiger partial charge on any atom is -0.490 e. The molecule has 1 aliphatic heterocycles. The van der Waals surface area contributed by atoms with E-state index >= 15 is 0 Å². The maximum Gasteiger partial charge on any atom is 0.243 e. The van der Waals surface area contributed by atoms with Gasteiger partial charge in [-0.2, -0.15) is 0 Å². The highest BCUT2D eigenvalue weighted by Crippen LogP contribution is 2.26. The number of ether oxygens (including phenoxy) is 1. The highest BCUT2D eigenvalue weighted by atomic mass is 16.5. The maximum atomic E-state index is 13.3. The van der Waals surface area contributed by atoms with E-state index in [1.807, 2.05) is 45.1 Å². The third kappa shape index (κ3) is 9.26. The van der Waals surface area contributed by atoms with Crippen LogP contribution in [-0.2, 0) is 19.1 Å². The zero-order valence-corrected chi connectivity index (χ0v) is 23.0. The molecule has 1 aliphatic rings. The molecule has 0 saturated carbocycles. The van der Waals surface area contributed by atoms with Crippen molar-refractivity contribution in [2.24, 2.45) is 23.1 Å². The van der Waals surface area contributed by atoms with E-state index in [4.69, 9.17) is 21.9 Å². The lowest BCUT2D eigenvalue weighted by Crippen LogP contribution is -2.58. The Morgan fingerprint density at radius 2 is 1.97 bits per heavy atom. The predicted molar refractivity (Wildman–Crippen MR) is 151 cm³/mol. The molecule has 10 heteroatoms. The third-order valence-electron chi connectivity index (χ3n) is 6.67. The molecule has 0 radical (unpaired) electrons. The van der Waals surface area contributed by atoms with Gasteiger partial charge in [0.05, 0.1) is 12.1 Å². The molecule has 3 unspecified atom stereocenters. The molecule has 1 fully saturated rings. The number of likely N-dealkylation sites (tertiary alicyclic amines) is 1. The second-order valence-corrected chi connectivity index (χ2v) is 9.40. The van der Waals surface area contributed by atoms with E-state index in [1.54, 1.807) is 13.0 Å². The van der Waals surface area contributed by atoms with Gasteiger partial charge in [0.1, 0.15) is 24.4 Å². The highest BCUT2D eigenvalue weighted by Gasteiger charge is 2.39. The number of carbonyl (C=O) groups excluding carboxylic acids is 3. The zero-order chi connectivity index (χ0) is 28.9. The van der Waals surface area contributed by atoms with Crippen LogP contribution in [0.1, 0.15) is 40.5 Å². The van der Waals surface area contributed by atoms with E-state index in [0.717, 1.165) is 5.57 Å². The summed E-state index contributed by atoms with van der Waals surface area (Å²) in [7, 11) is 0. The Labute approximate surface area is 226 Å². The first-order chi connectivity index (χ1) is 17.9. The summed E-state index contributed by atoms with van der Waals surface area (Å²) >= 11 is 0. The van der Waals surface area contributed by atoms with Gasteiger partial charge in [-0.1, -0.05) is 43.9 Å². The van der Waals surface area contributed by atoms with Crippen molar-refractivity contribution >= 4 is 17.7 Å². The normalized spacial score (nSPS) is 19.6. The van der Waals surface area contributed by atoms with Gasteiger partial charge in [-0.05, 0) is 58.0 Å². The molecule has 0 spiro atoms. The summed E-state index contributed by atoms with van der Waals surface area (Å²) in [5.74, 6) is -0.837. The predicted octanol–water partition coefficient (Wildman–Crippen LogP) is 1.49. The van der Waals surface area contributed by atoms with Gasteiger partial charge in [-0.3, -0.25) is 14.4 Å². The first kappa shape index (κ1) is 32.2. The average molecular weight is 529 g/mol. The zero-order valence-electron chi connectivity index (χ0n) is 23.0. The van der Waals surface area contributed by atoms with E-state index in [1.165, 1.54) is 17.2 Å². The van der Waals surface area contributed by atoms with Crippen LogP contribution in [0, 0.1) is 5.92 Å². The molecular formula is C28H44N6O4. The van der Waals surface area contributed by atoms with Crippen molar-refractivity contribution in [1.29, 1.82) is 0 Å². The SMILES string of the molecule is C=C/C(=C\C(C)=C/C)OC/C=C\[C@@H](C)C(C)(NC(=O)C1CCCN1C(=O)CNC(=O)C(N)/C=C\N)C(=C)N. The number of nitrogens with two attached hydrogens (primary N) is 3. The molecule has 1 heterocycles. The fourth-order valence-electron chi connectivity index (χ4n) is 3.82. The smallest absolute Gasteiger partial charge is 0.243 e. The monoisotopic (exact) mass is 528 g/mol. The third-order valence-corrected chi connectivity index (χ3v) is 6.67. The van der Waals surface area contributed by atoms with Crippen LogP contribution in [0.3, 0.4) is 0 Å². The van der Waals surface area contributed by atoms with Crippen molar-refractivity contribution in [2.45, 2.75) is 58.2 Å². The average Bonchev–Trinajstić information content (AvgIpc) is 3.38. The summed E-state index contributed by atoms with van der Waals surface area (Å²) < 4.78 is 5.74. The minimum atomic E-state index is -0.973. The summed E-state index contributed by atoms with van der Waals surface area (Å²) in [5, 5.41) is 5.48. The van der Waals surface area contributed by atoms with Gasteiger partial charge in [-0.25, -0.2) is 0 Å². The van der Waals surface area contributed by atoms with E-state index in [2.05, 4.69) is 23.8 Å². The van der Waals surface area contributed by atoms with Gasteiger partial charge >= 0.3 is 0 Å². The molecule has 8 N–H and O–H groups in total. The van der Waals surface area contributed by atoms with Crippen molar-refractivity contribution in [2.75, 3.05) is 19.7 Å². The molecule has 4 atom stereocenters. The molecule has 0 aliphatic carbocycles. The second kappa shape index (κ2) is 15.5. The van der Waals surface area contributed by atoms with E-state index < -0.39 is 23.5 Å². The number of rotatable bonds is 14. The summed E-state index contributed by atoms with van der Waals surface area (Å²) in [4.78, 5) is 39.5. The Hall–Kier alpha value is -3.79. The summed E-state index contributed by atoms with van der Waals surface area (Å²) in [6.45, 7) is 15.7. The van der Waals surface area contributed by atoms with Gasteiger partial charge in [0.2, 0.25) is 17.7 Å². The largest absolute Gasteiger partial charge is 0.490 e. The Kier molecular flexibility index (Phi) is 13.1. The number of allylic oxidation sites excluding steroid dienone is 4. The lowest BCUT2D eigenvalue weighted by atomic mass is 9.83. The molecule has 0 aromatic carbocycles. The Morgan fingerprint density at radius 3 is 2.55 bits per heavy atom. The second-order valence-electron chi connectivity index (χ2n) is 9.40. The van der Waals surface area contributed by atoms with Crippen LogP contribution in [0.2, 0.25) is 0 Å². The van der Waals surface area contributed by atoms with Crippen molar-refractivity contribution in [1.82, 2.24) is 15.5 Å². The number of carbonyl (C=O) groups is 3. The molecule has 0 aromatic heterocycles.